The van der Waals surface area contributed by atoms with E-state index >= 15 is 0 Å². The van der Waals surface area contributed by atoms with Crippen LogP contribution in [0.5, 0.6) is 5.88 Å². The van der Waals surface area contributed by atoms with Crippen molar-refractivity contribution >= 4 is 6.08 Å². The average molecular weight is 372 g/mol. The molecule has 0 bridgehead atoms. The van der Waals surface area contributed by atoms with Crippen LogP contribution in [-0.2, 0) is 11.8 Å². The van der Waals surface area contributed by atoms with Gasteiger partial charge in [0, 0.05) is 11.8 Å². The summed E-state index contributed by atoms with van der Waals surface area (Å²) in [5.41, 5.74) is 9.27. The van der Waals surface area contributed by atoms with E-state index in [9.17, 15) is 0 Å². The second-order valence-corrected chi connectivity index (χ2v) is 7.12. The third-order valence-corrected chi connectivity index (χ3v) is 5.32. The minimum absolute atomic E-state index is 0.344. The number of aromatic nitrogens is 2. The van der Waals surface area contributed by atoms with Crippen molar-refractivity contribution < 1.29 is 4.74 Å². The number of rotatable bonds is 5. The van der Waals surface area contributed by atoms with Crippen molar-refractivity contribution in [2.75, 3.05) is 6.61 Å². The van der Waals surface area contributed by atoms with Gasteiger partial charge in [-0.05, 0) is 35.8 Å². The molecule has 3 aromatic rings. The van der Waals surface area contributed by atoms with Crippen LogP contribution in [-0.4, -0.2) is 22.7 Å². The summed E-state index contributed by atoms with van der Waals surface area (Å²) >= 11 is 0. The SMILES string of the molecule is CCc1cc(OCC2(c3ccccc3C)C=c3ccccc3=NC2N)ncn1. The van der Waals surface area contributed by atoms with Gasteiger partial charge in [-0.2, -0.15) is 0 Å². The van der Waals surface area contributed by atoms with Crippen LogP contribution in [0.15, 0.2) is 65.9 Å². The van der Waals surface area contributed by atoms with Gasteiger partial charge in [0.2, 0.25) is 5.88 Å². The number of benzene rings is 2. The quantitative estimate of drug-likeness (QED) is 0.744. The van der Waals surface area contributed by atoms with E-state index in [-0.39, 0.29) is 0 Å². The highest BCUT2D eigenvalue weighted by atomic mass is 16.5. The van der Waals surface area contributed by atoms with E-state index in [1.54, 1.807) is 6.33 Å². The van der Waals surface area contributed by atoms with Gasteiger partial charge in [-0.25, -0.2) is 9.97 Å². The molecular weight excluding hydrogens is 348 g/mol. The summed E-state index contributed by atoms with van der Waals surface area (Å²) in [5, 5.41) is 1.97. The standard InChI is InChI=1S/C23H24N4O/c1-3-18-12-21(26-15-25-18)28-14-23(19-10-6-4-8-16(19)2)13-17-9-5-7-11-20(17)27-22(23)24/h4-13,15,22H,3,14,24H2,1-2H3. The molecule has 0 amide bonds. The molecule has 2 unspecified atom stereocenters. The zero-order valence-electron chi connectivity index (χ0n) is 16.2. The Morgan fingerprint density at radius 1 is 1.07 bits per heavy atom. The topological polar surface area (TPSA) is 73.4 Å². The van der Waals surface area contributed by atoms with Crippen molar-refractivity contribution in [2.24, 2.45) is 10.7 Å². The van der Waals surface area contributed by atoms with E-state index in [2.05, 4.69) is 48.1 Å². The van der Waals surface area contributed by atoms with Gasteiger partial charge >= 0.3 is 0 Å². The van der Waals surface area contributed by atoms with Crippen LogP contribution in [0, 0.1) is 6.92 Å². The van der Waals surface area contributed by atoms with E-state index in [1.807, 2.05) is 36.4 Å². The molecule has 0 spiro atoms. The molecule has 0 fully saturated rings. The van der Waals surface area contributed by atoms with Crippen LogP contribution in [0.1, 0.15) is 23.7 Å². The molecule has 28 heavy (non-hydrogen) atoms. The second kappa shape index (κ2) is 7.52. The lowest BCUT2D eigenvalue weighted by atomic mass is 9.74. The third kappa shape index (κ3) is 3.29. The molecule has 142 valence electrons. The first-order valence-corrected chi connectivity index (χ1v) is 9.53. The van der Waals surface area contributed by atoms with E-state index in [1.165, 1.54) is 0 Å². The molecule has 2 heterocycles. The fraction of sp³-hybridized carbons (Fsp3) is 0.261. The summed E-state index contributed by atoms with van der Waals surface area (Å²) in [5.74, 6) is 0.555. The zero-order chi connectivity index (χ0) is 19.6. The predicted octanol–water partition coefficient (Wildman–Crippen LogP) is 2.06. The van der Waals surface area contributed by atoms with Crippen molar-refractivity contribution in [3.8, 4) is 5.88 Å². The van der Waals surface area contributed by atoms with E-state index < -0.39 is 11.6 Å². The van der Waals surface area contributed by atoms with Gasteiger partial charge in [0.05, 0.1) is 10.8 Å². The smallest absolute Gasteiger partial charge is 0.216 e. The molecule has 5 heteroatoms. The fourth-order valence-corrected chi connectivity index (χ4v) is 3.73. The monoisotopic (exact) mass is 372 g/mol. The largest absolute Gasteiger partial charge is 0.476 e. The highest BCUT2D eigenvalue weighted by molar-refractivity contribution is 5.53. The molecule has 0 saturated carbocycles. The Labute approximate surface area is 164 Å². The van der Waals surface area contributed by atoms with Crippen LogP contribution >= 0.6 is 0 Å². The predicted molar refractivity (Wildman–Crippen MR) is 109 cm³/mol. The lowest BCUT2D eigenvalue weighted by molar-refractivity contribution is 0.223. The number of ether oxygens (including phenoxy) is 1. The van der Waals surface area contributed by atoms with Crippen LogP contribution in [0.25, 0.3) is 6.08 Å². The molecule has 4 rings (SSSR count). The summed E-state index contributed by atoms with van der Waals surface area (Å²) < 4.78 is 6.16. The number of hydrogen-bond donors (Lipinski definition) is 1. The van der Waals surface area contributed by atoms with Gasteiger partial charge in [-0.1, -0.05) is 55.5 Å². The third-order valence-electron chi connectivity index (χ3n) is 5.32. The first-order valence-electron chi connectivity index (χ1n) is 9.53. The van der Waals surface area contributed by atoms with Crippen molar-refractivity contribution in [3.63, 3.8) is 0 Å². The molecule has 1 aliphatic heterocycles. The maximum atomic E-state index is 6.64. The number of hydrogen-bond acceptors (Lipinski definition) is 5. The number of nitrogens with zero attached hydrogens (tertiary/aromatic N) is 3. The van der Waals surface area contributed by atoms with Gasteiger partial charge in [0.1, 0.15) is 19.1 Å². The van der Waals surface area contributed by atoms with Gasteiger partial charge in [0.15, 0.2) is 0 Å². The molecule has 1 aliphatic rings. The van der Waals surface area contributed by atoms with Crippen molar-refractivity contribution in [3.05, 3.63) is 88.3 Å². The van der Waals surface area contributed by atoms with Crippen LogP contribution < -0.4 is 21.0 Å². The van der Waals surface area contributed by atoms with Crippen molar-refractivity contribution in [1.82, 2.24) is 9.97 Å². The molecule has 2 aromatic carbocycles. The Bertz CT molecular complexity index is 1110. The summed E-state index contributed by atoms with van der Waals surface area (Å²) in [4.78, 5) is 13.3. The highest BCUT2D eigenvalue weighted by Gasteiger charge is 2.40. The normalized spacial score (nSPS) is 20.6. The molecule has 0 radical (unpaired) electrons. The van der Waals surface area contributed by atoms with Gasteiger partial charge in [-0.15, -0.1) is 0 Å². The minimum Gasteiger partial charge on any atom is -0.476 e. The van der Waals surface area contributed by atoms with Gasteiger partial charge in [-0.3, -0.25) is 4.99 Å². The number of aryl methyl sites for hydroxylation is 2. The Morgan fingerprint density at radius 2 is 1.86 bits per heavy atom. The zero-order valence-corrected chi connectivity index (χ0v) is 16.2. The fourth-order valence-electron chi connectivity index (χ4n) is 3.73. The Hall–Kier alpha value is -3.05. The average Bonchev–Trinajstić information content (AvgIpc) is 2.73. The lowest BCUT2D eigenvalue weighted by Crippen LogP contribution is -2.53. The second-order valence-electron chi connectivity index (χ2n) is 7.12. The maximum Gasteiger partial charge on any atom is 0.216 e. The molecule has 2 N–H and O–H groups in total. The Balaban J connectivity index is 1.81. The van der Waals surface area contributed by atoms with Crippen LogP contribution in [0.4, 0.5) is 0 Å². The summed E-state index contributed by atoms with van der Waals surface area (Å²) in [6.07, 6.45) is 4.11. The first kappa shape index (κ1) is 18.3. The van der Waals surface area contributed by atoms with E-state index in [0.29, 0.717) is 12.5 Å². The van der Waals surface area contributed by atoms with Gasteiger partial charge < -0.3 is 10.5 Å². The van der Waals surface area contributed by atoms with E-state index in [0.717, 1.165) is 33.8 Å². The van der Waals surface area contributed by atoms with Crippen LogP contribution in [0.2, 0.25) is 0 Å². The highest BCUT2D eigenvalue weighted by Crippen LogP contribution is 2.34. The molecule has 0 saturated heterocycles. The number of para-hydroxylation sites is 1. The maximum absolute atomic E-state index is 6.64. The summed E-state index contributed by atoms with van der Waals surface area (Å²) in [6, 6.07) is 18.2. The number of fused-ring (bicyclic) bond motifs is 1. The minimum atomic E-state index is -0.586. The van der Waals surface area contributed by atoms with E-state index in [4.69, 9.17) is 15.5 Å². The molecule has 0 aliphatic carbocycles. The number of nitrogens with two attached hydrogens (primary N) is 1. The molecular formula is C23H24N4O. The lowest BCUT2D eigenvalue weighted by Gasteiger charge is -2.37. The molecule has 5 nitrogen and oxygen atoms in total. The molecule has 1 aromatic heterocycles. The first-order chi connectivity index (χ1) is 13.6. The Kier molecular flexibility index (Phi) is 4.92. The van der Waals surface area contributed by atoms with Gasteiger partial charge in [0.25, 0.3) is 0 Å². The summed E-state index contributed by atoms with van der Waals surface area (Å²) in [6.45, 7) is 4.50. The van der Waals surface area contributed by atoms with Crippen LogP contribution in [0.3, 0.4) is 0 Å². The van der Waals surface area contributed by atoms with Crippen molar-refractivity contribution in [1.29, 1.82) is 0 Å². The molecule has 2 atom stereocenters. The summed E-state index contributed by atoms with van der Waals surface area (Å²) in [7, 11) is 0. The Morgan fingerprint density at radius 3 is 2.68 bits per heavy atom. The van der Waals surface area contributed by atoms with Crippen molar-refractivity contribution in [2.45, 2.75) is 31.8 Å².